The van der Waals surface area contributed by atoms with Crippen LogP contribution in [0.2, 0.25) is 0 Å². The zero-order valence-corrected chi connectivity index (χ0v) is 11.4. The summed E-state index contributed by atoms with van der Waals surface area (Å²) in [5.74, 6) is -0.561. The minimum absolute atomic E-state index is 0.253. The first kappa shape index (κ1) is 14.8. The van der Waals surface area contributed by atoms with Crippen LogP contribution in [0.4, 0.5) is 4.39 Å². The van der Waals surface area contributed by atoms with Crippen LogP contribution in [0, 0.1) is 5.82 Å². The van der Waals surface area contributed by atoms with Gasteiger partial charge in [-0.1, -0.05) is 0 Å². The van der Waals surface area contributed by atoms with Crippen molar-refractivity contribution in [3.63, 3.8) is 0 Å². The number of rotatable bonds is 5. The van der Waals surface area contributed by atoms with Gasteiger partial charge in [0.1, 0.15) is 17.6 Å². The van der Waals surface area contributed by atoms with Gasteiger partial charge in [0.25, 0.3) is 5.91 Å². The van der Waals surface area contributed by atoms with E-state index in [1.54, 1.807) is 19.1 Å². The molecular weight excluding hydrogens is 275 g/mol. The Balaban J connectivity index is 1.85. The quantitative estimate of drug-likeness (QED) is 0.883. The first-order valence-electron chi connectivity index (χ1n) is 6.43. The highest BCUT2D eigenvalue weighted by Gasteiger charge is 2.16. The van der Waals surface area contributed by atoms with Gasteiger partial charge in [0.2, 0.25) is 5.91 Å². The molecule has 0 aliphatic rings. The smallest absolute Gasteiger partial charge is 0.251 e. The minimum atomic E-state index is -0.711. The summed E-state index contributed by atoms with van der Waals surface area (Å²) in [6, 6.07) is 7.85. The first-order chi connectivity index (χ1) is 10.1. The van der Waals surface area contributed by atoms with E-state index >= 15 is 0 Å². The summed E-state index contributed by atoms with van der Waals surface area (Å²) in [5, 5.41) is 5.18. The third kappa shape index (κ3) is 4.17. The molecular formula is C15H15FN2O3. The lowest BCUT2D eigenvalue weighted by molar-refractivity contribution is -0.122. The summed E-state index contributed by atoms with van der Waals surface area (Å²) in [7, 11) is 0. The fourth-order valence-electron chi connectivity index (χ4n) is 1.69. The summed E-state index contributed by atoms with van der Waals surface area (Å²) in [4.78, 5) is 23.7. The summed E-state index contributed by atoms with van der Waals surface area (Å²) in [6.07, 6.45) is 1.52. The van der Waals surface area contributed by atoms with E-state index in [1.807, 2.05) is 0 Å². The van der Waals surface area contributed by atoms with Gasteiger partial charge in [0.05, 0.1) is 12.8 Å². The van der Waals surface area contributed by atoms with Gasteiger partial charge in [-0.25, -0.2) is 4.39 Å². The monoisotopic (exact) mass is 290 g/mol. The van der Waals surface area contributed by atoms with E-state index in [9.17, 15) is 14.0 Å². The molecule has 2 rings (SSSR count). The van der Waals surface area contributed by atoms with Gasteiger partial charge in [0, 0.05) is 5.56 Å². The Labute approximate surface area is 121 Å². The van der Waals surface area contributed by atoms with Crippen molar-refractivity contribution < 1.29 is 18.4 Å². The van der Waals surface area contributed by atoms with E-state index in [-0.39, 0.29) is 12.5 Å². The lowest BCUT2D eigenvalue weighted by Gasteiger charge is -2.13. The zero-order chi connectivity index (χ0) is 15.2. The standard InChI is InChI=1S/C15H15FN2O3/c1-10(14(19)17-9-13-3-2-8-21-13)18-15(20)11-4-6-12(16)7-5-11/h2-8,10H,9H2,1H3,(H,17,19)(H,18,20)/t10-/m1/s1. The first-order valence-corrected chi connectivity index (χ1v) is 6.43. The highest BCUT2D eigenvalue weighted by Crippen LogP contribution is 2.03. The van der Waals surface area contributed by atoms with Crippen LogP contribution in [-0.4, -0.2) is 17.9 Å². The second-order valence-corrected chi connectivity index (χ2v) is 4.50. The molecule has 0 aliphatic heterocycles. The molecule has 0 spiro atoms. The largest absolute Gasteiger partial charge is 0.467 e. The maximum absolute atomic E-state index is 12.8. The van der Waals surface area contributed by atoms with E-state index in [2.05, 4.69) is 10.6 Å². The van der Waals surface area contributed by atoms with Crippen LogP contribution in [0.3, 0.4) is 0 Å². The molecule has 1 aromatic heterocycles. The second kappa shape index (κ2) is 6.69. The molecule has 0 radical (unpaired) electrons. The number of hydrogen-bond donors (Lipinski definition) is 2. The molecule has 0 saturated carbocycles. The number of hydrogen-bond acceptors (Lipinski definition) is 3. The highest BCUT2D eigenvalue weighted by atomic mass is 19.1. The molecule has 2 amide bonds. The van der Waals surface area contributed by atoms with Gasteiger partial charge in [-0.3, -0.25) is 9.59 Å². The number of carbonyl (C=O) groups is 2. The van der Waals surface area contributed by atoms with E-state index in [0.717, 1.165) is 0 Å². The van der Waals surface area contributed by atoms with Crippen LogP contribution in [-0.2, 0) is 11.3 Å². The lowest BCUT2D eigenvalue weighted by Crippen LogP contribution is -2.44. The molecule has 0 bridgehead atoms. The molecule has 5 nitrogen and oxygen atoms in total. The molecule has 1 aromatic carbocycles. The number of nitrogens with one attached hydrogen (secondary N) is 2. The molecule has 21 heavy (non-hydrogen) atoms. The van der Waals surface area contributed by atoms with Crippen molar-refractivity contribution in [3.05, 3.63) is 59.8 Å². The summed E-state index contributed by atoms with van der Waals surface area (Å²) in [5.41, 5.74) is 0.294. The Hall–Kier alpha value is -2.63. The maximum atomic E-state index is 12.8. The number of halogens is 1. The van der Waals surface area contributed by atoms with Gasteiger partial charge >= 0.3 is 0 Å². The van der Waals surface area contributed by atoms with Crippen molar-refractivity contribution in [1.29, 1.82) is 0 Å². The predicted octanol–water partition coefficient (Wildman–Crippen LogP) is 1.85. The van der Waals surface area contributed by atoms with Crippen molar-refractivity contribution in [2.45, 2.75) is 19.5 Å². The van der Waals surface area contributed by atoms with Crippen LogP contribution in [0.5, 0.6) is 0 Å². The summed E-state index contributed by atoms with van der Waals surface area (Å²) < 4.78 is 17.9. The second-order valence-electron chi connectivity index (χ2n) is 4.50. The van der Waals surface area contributed by atoms with Crippen LogP contribution in [0.15, 0.2) is 47.1 Å². The lowest BCUT2D eigenvalue weighted by atomic mass is 10.2. The highest BCUT2D eigenvalue weighted by molar-refractivity contribution is 5.97. The van der Waals surface area contributed by atoms with Gasteiger partial charge in [-0.15, -0.1) is 0 Å². The molecule has 0 aliphatic carbocycles. The Morgan fingerprint density at radius 3 is 2.57 bits per heavy atom. The molecule has 0 unspecified atom stereocenters. The molecule has 2 aromatic rings. The normalized spacial score (nSPS) is 11.7. The van der Waals surface area contributed by atoms with Crippen molar-refractivity contribution in [1.82, 2.24) is 10.6 Å². The minimum Gasteiger partial charge on any atom is -0.467 e. The van der Waals surface area contributed by atoms with E-state index in [4.69, 9.17) is 4.42 Å². The van der Waals surface area contributed by atoms with Crippen LogP contribution in [0.1, 0.15) is 23.0 Å². The molecule has 1 atom stereocenters. The Morgan fingerprint density at radius 2 is 1.95 bits per heavy atom. The molecule has 0 fully saturated rings. The Bertz CT molecular complexity index is 608. The third-order valence-electron chi connectivity index (χ3n) is 2.86. The van der Waals surface area contributed by atoms with Crippen LogP contribution >= 0.6 is 0 Å². The van der Waals surface area contributed by atoms with E-state index in [1.165, 1.54) is 30.5 Å². The molecule has 1 heterocycles. The van der Waals surface area contributed by atoms with Crippen molar-refractivity contribution in [2.24, 2.45) is 0 Å². The van der Waals surface area contributed by atoms with Gasteiger partial charge < -0.3 is 15.1 Å². The average molecular weight is 290 g/mol. The van der Waals surface area contributed by atoms with Gasteiger partial charge in [0.15, 0.2) is 0 Å². The maximum Gasteiger partial charge on any atom is 0.251 e. The number of benzene rings is 1. The fourth-order valence-corrected chi connectivity index (χ4v) is 1.69. The Morgan fingerprint density at radius 1 is 1.24 bits per heavy atom. The topological polar surface area (TPSA) is 71.3 Å². The molecule has 110 valence electrons. The third-order valence-corrected chi connectivity index (χ3v) is 2.86. The van der Waals surface area contributed by atoms with Crippen molar-refractivity contribution in [3.8, 4) is 0 Å². The van der Waals surface area contributed by atoms with Crippen LogP contribution in [0.25, 0.3) is 0 Å². The zero-order valence-electron chi connectivity index (χ0n) is 11.4. The summed E-state index contributed by atoms with van der Waals surface area (Å²) >= 11 is 0. The SMILES string of the molecule is C[C@@H](NC(=O)c1ccc(F)cc1)C(=O)NCc1ccco1. The van der Waals surface area contributed by atoms with Gasteiger partial charge in [-0.2, -0.15) is 0 Å². The number of amides is 2. The Kier molecular flexibility index (Phi) is 4.71. The fraction of sp³-hybridized carbons (Fsp3) is 0.200. The van der Waals surface area contributed by atoms with Gasteiger partial charge in [-0.05, 0) is 43.3 Å². The average Bonchev–Trinajstić information content (AvgIpc) is 2.98. The van der Waals surface area contributed by atoms with Crippen LogP contribution < -0.4 is 10.6 Å². The molecule has 6 heteroatoms. The predicted molar refractivity (Wildman–Crippen MR) is 73.9 cm³/mol. The summed E-state index contributed by atoms with van der Waals surface area (Å²) in [6.45, 7) is 1.82. The van der Waals surface area contributed by atoms with E-state index < -0.39 is 17.8 Å². The van der Waals surface area contributed by atoms with Crippen molar-refractivity contribution >= 4 is 11.8 Å². The molecule has 0 saturated heterocycles. The van der Waals surface area contributed by atoms with E-state index in [0.29, 0.717) is 11.3 Å². The van der Waals surface area contributed by atoms with Crippen molar-refractivity contribution in [2.75, 3.05) is 0 Å². The number of carbonyl (C=O) groups excluding carboxylic acids is 2. The molecule has 2 N–H and O–H groups in total. The number of furan rings is 1.